The molecule has 2 nitrogen and oxygen atoms in total. The first-order valence-electron chi connectivity index (χ1n) is 6.09. The van der Waals surface area contributed by atoms with Gasteiger partial charge in [0.1, 0.15) is 5.82 Å². The van der Waals surface area contributed by atoms with Crippen LogP contribution in [0, 0.1) is 11.7 Å². The van der Waals surface area contributed by atoms with E-state index in [0.717, 1.165) is 0 Å². The highest BCUT2D eigenvalue weighted by molar-refractivity contribution is 6.62. The van der Waals surface area contributed by atoms with Gasteiger partial charge < -0.3 is 9.31 Å². The van der Waals surface area contributed by atoms with Crippen LogP contribution in [0.4, 0.5) is 4.39 Å². The molecule has 0 aliphatic carbocycles. The molecule has 1 heterocycles. The molecule has 18 heavy (non-hydrogen) atoms. The Balaban J connectivity index is 2.32. The Morgan fingerprint density at radius 1 is 1.33 bits per heavy atom. The van der Waals surface area contributed by atoms with E-state index >= 15 is 0 Å². The fourth-order valence-electron chi connectivity index (χ4n) is 2.12. The van der Waals surface area contributed by atoms with Gasteiger partial charge in [-0.2, -0.15) is 0 Å². The Morgan fingerprint density at radius 2 is 2.00 bits per heavy atom. The van der Waals surface area contributed by atoms with Crippen molar-refractivity contribution in [1.29, 1.82) is 0 Å². The summed E-state index contributed by atoms with van der Waals surface area (Å²) in [5.41, 5.74) is -0.00814. The van der Waals surface area contributed by atoms with Crippen LogP contribution in [0.3, 0.4) is 0 Å². The van der Waals surface area contributed by atoms with Crippen molar-refractivity contribution in [2.75, 3.05) is 0 Å². The molecular weight excluding hydrogens is 253 g/mol. The molecule has 0 N–H and O–H groups in total. The lowest BCUT2D eigenvalue weighted by molar-refractivity contribution is -0.0725. The summed E-state index contributed by atoms with van der Waals surface area (Å²) in [4.78, 5) is 0. The lowest BCUT2D eigenvalue weighted by Crippen LogP contribution is -2.57. The van der Waals surface area contributed by atoms with Gasteiger partial charge in [0.15, 0.2) is 0 Å². The summed E-state index contributed by atoms with van der Waals surface area (Å²) < 4.78 is 25.4. The van der Waals surface area contributed by atoms with Gasteiger partial charge in [-0.25, -0.2) is 4.39 Å². The minimum atomic E-state index is -0.704. The highest BCUT2D eigenvalue weighted by Crippen LogP contribution is 2.31. The third kappa shape index (κ3) is 2.56. The molecule has 1 unspecified atom stereocenters. The fraction of sp³-hybridized carbons (Fsp3) is 0.538. The summed E-state index contributed by atoms with van der Waals surface area (Å²) in [6, 6.07) is 4.40. The van der Waals surface area contributed by atoms with E-state index in [2.05, 4.69) is 6.92 Å². The molecule has 1 fully saturated rings. The van der Waals surface area contributed by atoms with Gasteiger partial charge in [0.05, 0.1) is 5.60 Å². The summed E-state index contributed by atoms with van der Waals surface area (Å²) >= 11 is 5.89. The van der Waals surface area contributed by atoms with E-state index in [-0.39, 0.29) is 23.4 Å². The van der Waals surface area contributed by atoms with Crippen molar-refractivity contribution in [2.24, 2.45) is 5.92 Å². The van der Waals surface area contributed by atoms with E-state index in [1.165, 1.54) is 12.1 Å². The van der Waals surface area contributed by atoms with Gasteiger partial charge >= 0.3 is 7.12 Å². The first kappa shape index (κ1) is 13.8. The third-order valence-electron chi connectivity index (χ3n) is 3.76. The predicted octanol–water partition coefficient (Wildman–Crippen LogP) is 3.02. The Kier molecular flexibility index (Phi) is 3.72. The molecule has 0 aromatic heterocycles. The third-order valence-corrected chi connectivity index (χ3v) is 4.00. The molecular formula is C13H17BClFO2. The average Bonchev–Trinajstić information content (AvgIpc) is 2.28. The van der Waals surface area contributed by atoms with Crippen LogP contribution in [-0.2, 0) is 9.31 Å². The van der Waals surface area contributed by atoms with E-state index in [1.807, 2.05) is 20.8 Å². The first-order valence-corrected chi connectivity index (χ1v) is 6.47. The summed E-state index contributed by atoms with van der Waals surface area (Å²) in [5, 5.41) is 0.475. The maximum absolute atomic E-state index is 13.8. The SMILES string of the molecule is CC1[C@H](C)OB(c2cc(Cl)ccc2F)OC1(C)C. The Labute approximate surface area is 113 Å². The molecule has 0 spiro atoms. The molecule has 2 rings (SSSR count). The highest BCUT2D eigenvalue weighted by Gasteiger charge is 2.44. The van der Waals surface area contributed by atoms with E-state index in [1.54, 1.807) is 6.07 Å². The molecule has 1 saturated heterocycles. The summed E-state index contributed by atoms with van der Waals surface area (Å²) in [6.45, 7) is 8.03. The maximum Gasteiger partial charge on any atom is 0.497 e. The van der Waals surface area contributed by atoms with Gasteiger partial charge in [-0.05, 0) is 39.0 Å². The Bertz CT molecular complexity index is 453. The molecule has 0 saturated carbocycles. The molecule has 0 radical (unpaired) electrons. The molecule has 1 aliphatic heterocycles. The molecule has 98 valence electrons. The van der Waals surface area contributed by atoms with E-state index < -0.39 is 7.12 Å². The van der Waals surface area contributed by atoms with E-state index in [9.17, 15) is 4.39 Å². The molecule has 0 amide bonds. The van der Waals surface area contributed by atoms with Crippen molar-refractivity contribution >= 4 is 24.2 Å². The highest BCUT2D eigenvalue weighted by atomic mass is 35.5. The fourth-order valence-corrected chi connectivity index (χ4v) is 2.30. The molecule has 1 aliphatic rings. The van der Waals surface area contributed by atoms with Gasteiger partial charge in [-0.1, -0.05) is 18.5 Å². The Morgan fingerprint density at radius 3 is 2.61 bits per heavy atom. The largest absolute Gasteiger partial charge is 0.497 e. The summed E-state index contributed by atoms with van der Waals surface area (Å²) in [7, 11) is -0.704. The van der Waals surface area contributed by atoms with Crippen molar-refractivity contribution < 1.29 is 13.7 Å². The lowest BCUT2D eigenvalue weighted by atomic mass is 9.72. The van der Waals surface area contributed by atoms with E-state index in [0.29, 0.717) is 10.5 Å². The predicted molar refractivity (Wildman–Crippen MR) is 71.7 cm³/mol. The first-order chi connectivity index (χ1) is 8.31. The van der Waals surface area contributed by atoms with Crippen molar-refractivity contribution in [3.05, 3.63) is 29.0 Å². The second-order valence-electron chi connectivity index (χ2n) is 5.35. The summed E-state index contributed by atoms with van der Waals surface area (Å²) in [6.07, 6.45) is -0.00266. The monoisotopic (exact) mass is 270 g/mol. The van der Waals surface area contributed by atoms with Crippen LogP contribution in [-0.4, -0.2) is 18.8 Å². The number of halogens is 2. The second kappa shape index (κ2) is 4.84. The van der Waals surface area contributed by atoms with Crippen LogP contribution in [0.25, 0.3) is 0 Å². The van der Waals surface area contributed by atoms with Crippen LogP contribution in [0.1, 0.15) is 27.7 Å². The molecule has 1 aromatic rings. The molecule has 0 bridgehead atoms. The normalized spacial score (nSPS) is 27.3. The van der Waals surface area contributed by atoms with Gasteiger partial charge in [0.25, 0.3) is 0 Å². The summed E-state index contributed by atoms with van der Waals surface area (Å²) in [5.74, 6) is -0.127. The molecule has 1 aromatic carbocycles. The van der Waals surface area contributed by atoms with Gasteiger partial charge in [-0.3, -0.25) is 0 Å². The minimum absolute atomic E-state index is 0.00266. The van der Waals surface area contributed by atoms with Crippen LogP contribution in [0.5, 0.6) is 0 Å². The number of hydrogen-bond donors (Lipinski definition) is 0. The van der Waals surface area contributed by atoms with Crippen LogP contribution >= 0.6 is 11.6 Å². The van der Waals surface area contributed by atoms with Gasteiger partial charge in [-0.15, -0.1) is 0 Å². The van der Waals surface area contributed by atoms with Crippen LogP contribution < -0.4 is 5.46 Å². The zero-order chi connectivity index (χ0) is 13.5. The number of benzene rings is 1. The quantitative estimate of drug-likeness (QED) is 0.730. The van der Waals surface area contributed by atoms with Gasteiger partial charge in [0.2, 0.25) is 0 Å². The van der Waals surface area contributed by atoms with Crippen LogP contribution in [0.2, 0.25) is 5.02 Å². The van der Waals surface area contributed by atoms with Crippen molar-refractivity contribution in [3.63, 3.8) is 0 Å². The van der Waals surface area contributed by atoms with Crippen LogP contribution in [0.15, 0.2) is 18.2 Å². The van der Waals surface area contributed by atoms with Crippen molar-refractivity contribution in [3.8, 4) is 0 Å². The smallest absolute Gasteiger partial charge is 0.404 e. The van der Waals surface area contributed by atoms with Gasteiger partial charge in [0, 0.05) is 22.5 Å². The van der Waals surface area contributed by atoms with E-state index in [4.69, 9.17) is 20.9 Å². The van der Waals surface area contributed by atoms with Crippen molar-refractivity contribution in [1.82, 2.24) is 0 Å². The van der Waals surface area contributed by atoms with Crippen molar-refractivity contribution in [2.45, 2.75) is 39.4 Å². The zero-order valence-electron chi connectivity index (χ0n) is 11.0. The number of hydrogen-bond acceptors (Lipinski definition) is 2. The molecule has 2 atom stereocenters. The number of rotatable bonds is 1. The Hall–Kier alpha value is -0.575. The topological polar surface area (TPSA) is 18.5 Å². The maximum atomic E-state index is 13.8. The zero-order valence-corrected chi connectivity index (χ0v) is 11.8. The minimum Gasteiger partial charge on any atom is -0.404 e. The lowest BCUT2D eigenvalue weighted by Gasteiger charge is -2.44. The average molecular weight is 271 g/mol. The standard InChI is InChI=1S/C13H17BClFO2/c1-8-9(2)17-14(18-13(8,3)4)11-7-10(15)5-6-12(11)16/h5-9H,1-4H3/t8?,9-/m0/s1. The second-order valence-corrected chi connectivity index (χ2v) is 5.79. The molecule has 5 heteroatoms.